The van der Waals surface area contributed by atoms with Gasteiger partial charge in [0.05, 0.1) is 35.5 Å². The lowest BCUT2D eigenvalue weighted by Crippen LogP contribution is -2.54. The molecule has 0 unspecified atom stereocenters. The highest BCUT2D eigenvalue weighted by molar-refractivity contribution is 6.60. The molecular formula is C88H82F6N4O20Si. The number of carboxylic acid groups (broad SMARTS) is 1. The normalized spacial score (nSPS) is 11.7. The number of amides is 4. The number of nitrogens with one attached hydrogen (secondary N) is 4. The number of alkyl halides is 6. The number of halogens is 6. The van der Waals surface area contributed by atoms with Crippen LogP contribution in [0.4, 0.5) is 43.4 Å². The molecule has 0 atom stereocenters. The zero-order chi connectivity index (χ0) is 86.2. The number of ether oxygens (including phenoxy) is 8. The van der Waals surface area contributed by atoms with Gasteiger partial charge in [-0.3, -0.25) is 33.6 Å². The van der Waals surface area contributed by atoms with Gasteiger partial charge in [0.15, 0.2) is 5.78 Å². The topological polar surface area (TPSA) is 306 Å². The van der Waals surface area contributed by atoms with Crippen LogP contribution in [-0.4, -0.2) is 116 Å². The lowest BCUT2D eigenvalue weighted by Gasteiger charge is -2.38. The lowest BCUT2D eigenvalue weighted by molar-refractivity contribution is -0.288. The predicted molar refractivity (Wildman–Crippen MR) is 428 cm³/mol. The minimum absolute atomic E-state index is 0.0255. The van der Waals surface area contributed by atoms with Gasteiger partial charge in [-0.15, -0.1) is 0 Å². The van der Waals surface area contributed by atoms with Crippen LogP contribution in [0.3, 0.4) is 0 Å². The van der Waals surface area contributed by atoms with Gasteiger partial charge in [0.25, 0.3) is 30.7 Å². The molecule has 5 N–H and O–H groups in total. The van der Waals surface area contributed by atoms with E-state index in [9.17, 15) is 43.5 Å². The first-order chi connectivity index (χ1) is 56.6. The summed E-state index contributed by atoms with van der Waals surface area (Å²) in [7, 11) is 2.98. The molecule has 10 aromatic carbocycles. The molecule has 0 aliphatic carbocycles. The third-order valence-corrected chi connectivity index (χ3v) is 21.8. The van der Waals surface area contributed by atoms with Crippen molar-refractivity contribution in [1.82, 2.24) is 5.32 Å². The number of carbonyl (C=O) groups is 8. The highest BCUT2D eigenvalue weighted by Gasteiger charge is 2.73. The molecule has 24 nitrogen and oxygen atoms in total. The number of carbonyl (C=O) groups excluding carboxylic acids is 7. The molecule has 0 radical (unpaired) electrons. The molecule has 0 aliphatic heterocycles. The van der Waals surface area contributed by atoms with Crippen molar-refractivity contribution in [3.05, 3.63) is 268 Å². The Labute approximate surface area is 680 Å². The fourth-order valence-electron chi connectivity index (χ4n) is 12.7. The Morgan fingerprint density at radius 3 is 1.34 bits per heavy atom. The number of hydrogen-bond donors (Lipinski definition) is 5. The maximum Gasteiger partial charge on any atom is 0.500 e. The molecule has 0 heterocycles. The van der Waals surface area contributed by atoms with Gasteiger partial charge in [-0.25, -0.2) is 4.79 Å². The molecule has 4 amide bonds. The molecule has 0 fully saturated rings. The first-order valence-corrected chi connectivity index (χ1v) is 38.7. The van der Waals surface area contributed by atoms with Crippen molar-refractivity contribution in [3.63, 3.8) is 0 Å². The number of ketones is 1. The van der Waals surface area contributed by atoms with Crippen LogP contribution in [0.5, 0.6) is 69.0 Å². The van der Waals surface area contributed by atoms with Gasteiger partial charge in [0.1, 0.15) is 69.0 Å². The van der Waals surface area contributed by atoms with E-state index in [-0.39, 0.29) is 95.1 Å². The summed E-state index contributed by atoms with van der Waals surface area (Å²) in [4.78, 5) is 103. The summed E-state index contributed by atoms with van der Waals surface area (Å²) in [6.45, 7) is 10.6. The Balaban J connectivity index is 0.793. The number of rotatable bonds is 37. The van der Waals surface area contributed by atoms with E-state index in [0.29, 0.717) is 93.5 Å². The molecule has 119 heavy (non-hydrogen) atoms. The molecule has 0 aliphatic rings. The second kappa shape index (κ2) is 38.1. The first kappa shape index (κ1) is 88.0. The van der Waals surface area contributed by atoms with Crippen LogP contribution in [0.1, 0.15) is 128 Å². The van der Waals surface area contributed by atoms with Gasteiger partial charge in [0, 0.05) is 111 Å². The molecule has 31 heteroatoms. The molecule has 10 aromatic rings. The third kappa shape index (κ3) is 21.5. The number of carboxylic acids is 1. The largest absolute Gasteiger partial charge is 0.500 e. The van der Waals surface area contributed by atoms with Crippen molar-refractivity contribution in [2.75, 3.05) is 50.9 Å². The summed E-state index contributed by atoms with van der Waals surface area (Å²) in [6.07, 6.45) is -13.0. The Kier molecular flexibility index (Phi) is 28.2. The molecule has 0 saturated heterocycles. The highest BCUT2D eigenvalue weighted by atomic mass is 28.4. The van der Waals surface area contributed by atoms with E-state index in [1.807, 2.05) is 13.8 Å². The van der Waals surface area contributed by atoms with E-state index in [1.165, 1.54) is 89.1 Å². The maximum absolute atomic E-state index is 15.9. The van der Waals surface area contributed by atoms with Crippen LogP contribution in [0, 0.1) is 5.92 Å². The Bertz CT molecular complexity index is 5310. The Hall–Kier alpha value is -13.4. The van der Waals surface area contributed by atoms with Crippen LogP contribution >= 0.6 is 0 Å². The van der Waals surface area contributed by atoms with Gasteiger partial charge in [-0.2, -0.15) is 26.3 Å². The van der Waals surface area contributed by atoms with Crippen molar-refractivity contribution in [2.45, 2.75) is 89.7 Å². The zero-order valence-corrected chi connectivity index (χ0v) is 66.8. The van der Waals surface area contributed by atoms with Crippen LogP contribution < -0.4 is 59.2 Å². The Morgan fingerprint density at radius 1 is 0.437 bits per heavy atom. The average Bonchev–Trinajstić information content (AvgIpc) is 0.709. The first-order valence-electron chi connectivity index (χ1n) is 36.8. The summed E-state index contributed by atoms with van der Waals surface area (Å²) in [5, 5.41) is 20.8. The van der Waals surface area contributed by atoms with Gasteiger partial charge >= 0.3 is 27.1 Å². The highest BCUT2D eigenvalue weighted by Crippen LogP contribution is 2.57. The summed E-state index contributed by atoms with van der Waals surface area (Å²) >= 11 is 0. The molecule has 0 bridgehead atoms. The smallest absolute Gasteiger partial charge is 0.496 e. The summed E-state index contributed by atoms with van der Waals surface area (Å²) in [6, 6.07) is 48.0. The van der Waals surface area contributed by atoms with Gasteiger partial charge in [-0.1, -0.05) is 70.2 Å². The van der Waals surface area contributed by atoms with Crippen molar-refractivity contribution in [3.8, 4) is 69.0 Å². The summed E-state index contributed by atoms with van der Waals surface area (Å²) in [5.41, 5.74) is -7.79. The summed E-state index contributed by atoms with van der Waals surface area (Å²) in [5.74, 6) is -3.79. The van der Waals surface area contributed by atoms with Crippen LogP contribution in [0.25, 0.3) is 0 Å². The number of anilines is 3. The van der Waals surface area contributed by atoms with E-state index in [4.69, 9.17) is 51.2 Å². The van der Waals surface area contributed by atoms with Crippen molar-refractivity contribution >= 4 is 74.2 Å². The average molecular weight is 1660 g/mol. The van der Waals surface area contributed by atoms with Crippen LogP contribution in [-0.2, 0) is 44.9 Å². The van der Waals surface area contributed by atoms with E-state index in [2.05, 4.69) is 21.3 Å². The number of aromatic carboxylic acids is 1. The van der Waals surface area contributed by atoms with Gasteiger partial charge in [-0.05, 0) is 182 Å². The minimum atomic E-state index is -6.30. The van der Waals surface area contributed by atoms with Crippen molar-refractivity contribution in [1.29, 1.82) is 0 Å². The predicted octanol–water partition coefficient (Wildman–Crippen LogP) is 18.7. The molecular weight excluding hydrogens is 1580 g/mol. The van der Waals surface area contributed by atoms with Gasteiger partial charge in [0.2, 0.25) is 11.3 Å². The van der Waals surface area contributed by atoms with Gasteiger partial charge < -0.3 is 77.5 Å². The van der Waals surface area contributed by atoms with E-state index in [0.717, 1.165) is 5.56 Å². The quantitative estimate of drug-likeness (QED) is 0.00794. The lowest BCUT2D eigenvalue weighted by atomic mass is 9.72. The second-order valence-electron chi connectivity index (χ2n) is 27.9. The summed E-state index contributed by atoms with van der Waals surface area (Å²) < 4.78 is 157. The number of methoxy groups -OCH3 is 1. The minimum Gasteiger partial charge on any atom is -0.496 e. The zero-order valence-electron chi connectivity index (χ0n) is 65.8. The fourth-order valence-corrected chi connectivity index (χ4v) is 14.4. The van der Waals surface area contributed by atoms with E-state index >= 15 is 26.3 Å². The molecule has 0 aromatic heterocycles. The number of benzene rings is 10. The Morgan fingerprint density at radius 2 is 0.866 bits per heavy atom. The van der Waals surface area contributed by atoms with E-state index in [1.54, 1.807) is 143 Å². The molecule has 620 valence electrons. The van der Waals surface area contributed by atoms with Crippen molar-refractivity contribution in [2.24, 2.45) is 5.92 Å². The van der Waals surface area contributed by atoms with Crippen LogP contribution in [0.2, 0.25) is 6.04 Å². The molecule has 10 rings (SSSR count). The molecule has 0 saturated carbocycles. The number of hydrogen-bond acceptors (Lipinski definition) is 19. The second-order valence-corrected chi connectivity index (χ2v) is 31.0. The van der Waals surface area contributed by atoms with E-state index < -0.39 is 102 Å². The monoisotopic (exact) mass is 1660 g/mol. The van der Waals surface area contributed by atoms with Crippen molar-refractivity contribution < 1.29 is 121 Å². The maximum atomic E-state index is 15.9. The molecule has 0 spiro atoms. The number of Topliss-reactive ketones (excluding diaryl/α,β-unsaturated/α-hetero) is 1. The third-order valence-electron chi connectivity index (χ3n) is 19.0. The fraction of sp³-hybridized carbons (Fsp3) is 0.227. The van der Waals surface area contributed by atoms with Crippen LogP contribution in [0.15, 0.2) is 212 Å². The standard InChI is InChI=1S/C88H82F6N4O20Si/c1-52(2)80(102)96-60-21-29-64(30-22-60)116-70-45-67(108-7)44-69(48-70)115-63-27-12-54(13-28-63)40-77(101)74-36-19-59(43-79(74)113-51-100)86(87(89,90)91,88(92,93)94)58-20-37-78(112-50-99)76(42-58)83(105)98-62-25-33-66(34-26-62)118-72-47-68(114-53(3)4)46-71(49-72)117-65-31-23-61(24-32-65)97-81(103)55-14-16-56(17-15-55)85(5,6)57-18-35-73(84(106)107)75(41-57)82(104)95-38-11-39-119(109-8,110-9)111-10/h12-37,41-53H,11,38-40H2,1-10H3,(H,95,104)(H,96,102)(H,97,103)(H,98,105)(H,106,107). The SMILES string of the molecule is COc1cc(Oc2ccc(CC(=O)c3ccc(C(c4ccc(OC=O)c(C(=O)Nc5ccc(Oc6cc(Oc7ccc(NC(=O)c8ccc(C(C)(C)c9ccc(C(=O)O)c(C(=O)NCCC[Si](OC)(OC)OC)c9)cc8)cc7)cc(OC(C)C)c6)cc5)c4)(C(F)(F)F)C(F)(F)F)cc3OC=O)cc2)cc(Oc2ccc(NC(=O)C(C)C)cc2)c1.